The molecular weight excluding hydrogens is 697 g/mol. The summed E-state index contributed by atoms with van der Waals surface area (Å²) in [5.74, 6) is 0.0440. The van der Waals surface area contributed by atoms with Crippen LogP contribution in [0.5, 0.6) is 0 Å². The molecule has 0 aliphatic rings. The summed E-state index contributed by atoms with van der Waals surface area (Å²) in [7, 11) is -1.02. The molecule has 286 valence electrons. The van der Waals surface area contributed by atoms with Crippen molar-refractivity contribution in [2.24, 2.45) is 0 Å². The van der Waals surface area contributed by atoms with Gasteiger partial charge in [0.25, 0.3) is 0 Å². The van der Waals surface area contributed by atoms with Gasteiger partial charge in [0.2, 0.25) is 11.8 Å². The molecule has 0 atom stereocenters. The predicted molar refractivity (Wildman–Crippen MR) is 230 cm³/mol. The van der Waals surface area contributed by atoms with E-state index in [0.717, 1.165) is 34.1 Å². The number of carbonyl (C=O) groups is 2. The quantitative estimate of drug-likeness (QED) is 0.116. The van der Waals surface area contributed by atoms with Crippen molar-refractivity contribution in [2.75, 3.05) is 0 Å². The molecule has 0 N–H and O–H groups in total. The van der Waals surface area contributed by atoms with Crippen LogP contribution in [0, 0.1) is 34.6 Å². The average Bonchev–Trinajstić information content (AvgIpc) is 3.52. The van der Waals surface area contributed by atoms with E-state index in [9.17, 15) is 9.59 Å². The third kappa shape index (κ3) is 14.0. The second kappa shape index (κ2) is 19.9. The average molecular weight is 765 g/mol. The van der Waals surface area contributed by atoms with E-state index in [2.05, 4.69) is 128 Å². The van der Waals surface area contributed by atoms with Gasteiger partial charge in [0, 0.05) is 21.1 Å². The summed E-state index contributed by atoms with van der Waals surface area (Å²) >= 11 is 6.30. The Kier molecular flexibility index (Phi) is 19.3. The van der Waals surface area contributed by atoms with Gasteiger partial charge in [-0.15, -0.1) is 0 Å². The van der Waals surface area contributed by atoms with E-state index in [1.165, 1.54) is 35.6 Å². The molecule has 10 heteroatoms. The van der Waals surface area contributed by atoms with Crippen molar-refractivity contribution in [1.29, 1.82) is 0 Å². The first-order valence-electron chi connectivity index (χ1n) is 18.0. The van der Waals surface area contributed by atoms with Gasteiger partial charge in [0.05, 0.1) is 22.1 Å². The fourth-order valence-electron chi connectivity index (χ4n) is 5.91. The molecule has 4 rings (SSSR count). The fraction of sp³-hybridized carbons (Fsp3) is 0.595. The Bertz CT molecular complexity index is 1750. The van der Waals surface area contributed by atoms with Crippen molar-refractivity contribution in [3.05, 3.63) is 59.8 Å². The van der Waals surface area contributed by atoms with Gasteiger partial charge in [0.1, 0.15) is 11.9 Å². The largest absolute Gasteiger partial charge is 1.00 e. The number of aromatic nitrogens is 4. The molecule has 0 unspecified atom stereocenters. The van der Waals surface area contributed by atoms with Gasteiger partial charge >= 0.3 is 18.9 Å². The maximum atomic E-state index is 12.4. The summed E-state index contributed by atoms with van der Waals surface area (Å²) in [6.07, 6.45) is 3.85. The molecular formula is C42H68ClLiN4O2P2. The maximum absolute atomic E-state index is 12.4. The second-order valence-corrected chi connectivity index (χ2v) is 25.4. The topological polar surface area (TPSA) is 69.8 Å². The van der Waals surface area contributed by atoms with Crippen LogP contribution in [-0.2, 0) is 0 Å². The van der Waals surface area contributed by atoms with Crippen molar-refractivity contribution < 1.29 is 28.4 Å². The van der Waals surface area contributed by atoms with Crippen LogP contribution in [0.15, 0.2) is 30.6 Å². The molecule has 0 spiro atoms. The molecule has 0 saturated carbocycles. The monoisotopic (exact) mass is 764 g/mol. The minimum Gasteiger partial charge on any atom is -0.343 e. The first-order chi connectivity index (χ1) is 23.0. The van der Waals surface area contributed by atoms with Crippen molar-refractivity contribution >= 4 is 65.9 Å². The third-order valence-corrected chi connectivity index (χ3v) is 16.9. The number of halogens is 1. The molecule has 0 aliphatic heterocycles. The molecule has 0 saturated heterocycles. The van der Waals surface area contributed by atoms with E-state index in [1.54, 1.807) is 17.8 Å². The Balaban J connectivity index is 0.000000765. The first kappa shape index (κ1) is 50.5. The zero-order chi connectivity index (χ0) is 40.0. The van der Waals surface area contributed by atoms with E-state index in [4.69, 9.17) is 16.2 Å². The number of fused-ring (bicyclic) bond motifs is 2. The number of unbranched alkanes of at least 4 members (excludes halogenated alkanes) is 1. The molecule has 2 aromatic heterocycles. The Labute approximate surface area is 336 Å². The molecule has 2 aromatic carbocycles. The summed E-state index contributed by atoms with van der Waals surface area (Å²) in [6, 6.07) is 8.21. The van der Waals surface area contributed by atoms with Crippen LogP contribution in [0.25, 0.3) is 22.1 Å². The molecule has 0 radical (unpaired) electrons. The fourth-order valence-corrected chi connectivity index (χ4v) is 11.8. The number of hydrogen-bond acceptors (Lipinski definition) is 4. The van der Waals surface area contributed by atoms with Gasteiger partial charge in [-0.1, -0.05) is 108 Å². The van der Waals surface area contributed by atoms with E-state index in [0.29, 0.717) is 0 Å². The molecule has 0 fully saturated rings. The van der Waals surface area contributed by atoms with Gasteiger partial charge in [-0.3, -0.25) is 18.7 Å². The molecule has 4 aromatic rings. The molecule has 0 bridgehead atoms. The van der Waals surface area contributed by atoms with Gasteiger partial charge in [-0.25, -0.2) is 9.97 Å². The van der Waals surface area contributed by atoms with E-state index >= 15 is 0 Å². The van der Waals surface area contributed by atoms with Gasteiger partial charge < -0.3 is 6.92 Å². The predicted octanol–water partition coefficient (Wildman–Crippen LogP) is 10.2. The van der Waals surface area contributed by atoms with E-state index in [-0.39, 0.29) is 51.3 Å². The first-order valence-corrected chi connectivity index (χ1v) is 21.6. The van der Waals surface area contributed by atoms with Gasteiger partial charge in [-0.2, -0.15) is 6.42 Å². The zero-order valence-electron chi connectivity index (χ0n) is 36.4. The van der Waals surface area contributed by atoms with E-state index in [1.807, 2.05) is 30.5 Å². The summed E-state index contributed by atoms with van der Waals surface area (Å²) < 4.78 is 3.42. The summed E-state index contributed by atoms with van der Waals surface area (Å²) in [4.78, 5) is 32.8. The van der Waals surface area contributed by atoms with Crippen LogP contribution in [0.3, 0.4) is 0 Å². The molecule has 2 heterocycles. The SMILES string of the molecule is CC(=O)n1c(P(C(C)(C)C)C(C)(C)C)nc2cc(C)c(C)cc21.CC(=O)n1cnc2cc(C)c(C)cc21.CC(C)(C)P(Cl)C(C)(C)C.[CH2-]CCC.[Li+]. The van der Waals surface area contributed by atoms with Crippen LogP contribution in [0.2, 0.25) is 0 Å². The number of carbonyl (C=O) groups excluding carboxylic acids is 2. The smallest absolute Gasteiger partial charge is 0.343 e. The normalized spacial score (nSPS) is 12.1. The Morgan fingerprint density at radius 2 is 1.08 bits per heavy atom. The van der Waals surface area contributed by atoms with Crippen molar-refractivity contribution in [2.45, 2.75) is 165 Å². The van der Waals surface area contributed by atoms with Crippen LogP contribution in [-0.4, -0.2) is 51.5 Å². The van der Waals surface area contributed by atoms with Crippen molar-refractivity contribution in [3.63, 3.8) is 0 Å². The number of nitrogens with zero attached hydrogens (tertiary/aromatic N) is 4. The van der Waals surface area contributed by atoms with Crippen LogP contribution >= 0.6 is 26.4 Å². The van der Waals surface area contributed by atoms with Crippen molar-refractivity contribution in [1.82, 2.24) is 19.1 Å². The molecule has 6 nitrogen and oxygen atoms in total. The van der Waals surface area contributed by atoms with Crippen LogP contribution in [0.1, 0.15) is 149 Å². The molecule has 0 amide bonds. The summed E-state index contributed by atoms with van der Waals surface area (Å²) in [5.41, 5.74) is 9.38. The van der Waals surface area contributed by atoms with Crippen LogP contribution < -0.4 is 24.4 Å². The number of benzene rings is 2. The van der Waals surface area contributed by atoms with Crippen molar-refractivity contribution in [3.8, 4) is 0 Å². The summed E-state index contributed by atoms with van der Waals surface area (Å²) in [5, 5.41) is 0.697. The molecule has 0 aliphatic carbocycles. The number of imidazole rings is 2. The Morgan fingerprint density at radius 1 is 0.692 bits per heavy atom. The third-order valence-electron chi connectivity index (χ3n) is 8.14. The van der Waals surface area contributed by atoms with E-state index < -0.39 is 15.2 Å². The molecule has 52 heavy (non-hydrogen) atoms. The summed E-state index contributed by atoms with van der Waals surface area (Å²) in [6.45, 7) is 43.9. The second-order valence-electron chi connectivity index (χ2n) is 17.4. The Hall–Kier alpha value is -1.53. The number of aryl methyl sites for hydroxylation is 4. The number of rotatable bonds is 2. The van der Waals surface area contributed by atoms with Gasteiger partial charge in [0.15, 0.2) is 0 Å². The Morgan fingerprint density at radius 3 is 1.40 bits per heavy atom. The standard InChI is InChI=1S/C19H29N2OP.C11H12N2O.C8H18ClP.C4H9.Li/c1-12-10-15-16(11-13(12)2)21(14(3)22)17(20-15)23(18(4,5)6)19(7,8)9;1-7-4-10-11(5-8(7)2)13(6-12-10)9(3)14;1-7(2,3)10(9)8(4,5)6;1-3-4-2;/h10-11H,1-9H3;4-6H,1-3H3;1-6H3;1,3-4H2,2H3;/q;;;-1;+1. The maximum Gasteiger partial charge on any atom is 1.00 e. The zero-order valence-corrected chi connectivity index (χ0v) is 38.9. The van der Waals surface area contributed by atoms with Gasteiger partial charge in [-0.05, 0) is 103 Å². The van der Waals surface area contributed by atoms with Crippen LogP contribution in [0.4, 0.5) is 0 Å². The minimum atomic E-state index is -0.626. The minimum absolute atomic E-state index is 0. The number of hydrogen-bond donors (Lipinski definition) is 0.